The summed E-state index contributed by atoms with van der Waals surface area (Å²) < 4.78 is 4.21. The summed E-state index contributed by atoms with van der Waals surface area (Å²) in [6, 6.07) is 0. The molecule has 1 aliphatic carbocycles. The van der Waals surface area contributed by atoms with Crippen LogP contribution in [0.1, 0.15) is 34.3 Å². The highest BCUT2D eigenvalue weighted by Gasteiger charge is 2.28. The van der Waals surface area contributed by atoms with Crippen LogP contribution >= 0.6 is 11.5 Å². The normalized spacial score (nSPS) is 21.7. The highest BCUT2D eigenvalue weighted by atomic mass is 32.1. The molecule has 0 aromatic carbocycles. The zero-order valence-corrected chi connectivity index (χ0v) is 8.23. The van der Waals surface area contributed by atoms with Crippen molar-refractivity contribution in [3.63, 3.8) is 0 Å². The molecule has 0 aliphatic heterocycles. The van der Waals surface area contributed by atoms with Crippen molar-refractivity contribution in [2.75, 3.05) is 0 Å². The lowest BCUT2D eigenvalue weighted by atomic mass is 9.93. The van der Waals surface area contributed by atoms with E-state index in [0.717, 1.165) is 22.6 Å². The van der Waals surface area contributed by atoms with Gasteiger partial charge in [-0.2, -0.15) is 4.37 Å². The van der Waals surface area contributed by atoms with Gasteiger partial charge in [0, 0.05) is 17.7 Å². The second kappa shape index (κ2) is 3.20. The Kier molecular flexibility index (Phi) is 2.17. The number of aromatic nitrogens is 1. The molecular weight excluding hydrogens is 186 g/mol. The smallest absolute Gasteiger partial charge is 0.168 e. The lowest BCUT2D eigenvalue weighted by Gasteiger charge is -2.15. The number of aliphatic hydroxyl groups excluding tert-OH is 1. The van der Waals surface area contributed by atoms with Crippen LogP contribution in [-0.2, 0) is 12.8 Å². The molecule has 0 saturated carbocycles. The fraction of sp³-hybridized carbons (Fsp3) is 0.556. The number of Topliss-reactive ketones (excluding diaryl/α,β-unsaturated/α-hetero) is 1. The summed E-state index contributed by atoms with van der Waals surface area (Å²) in [5, 5.41) is 9.37. The first-order valence-electron chi connectivity index (χ1n) is 4.41. The van der Waals surface area contributed by atoms with Crippen LogP contribution in [0.2, 0.25) is 0 Å². The summed E-state index contributed by atoms with van der Waals surface area (Å²) in [6.45, 7) is 1.99. The van der Waals surface area contributed by atoms with E-state index < -0.39 is 6.10 Å². The number of rotatable bonds is 1. The average molecular weight is 197 g/mol. The first-order chi connectivity index (χ1) is 6.22. The number of fused-ring (bicyclic) bond motifs is 1. The summed E-state index contributed by atoms with van der Waals surface area (Å²) in [6.07, 6.45) is 1.16. The van der Waals surface area contributed by atoms with Gasteiger partial charge in [-0.05, 0) is 18.0 Å². The third kappa shape index (κ3) is 1.40. The minimum atomic E-state index is -0.495. The molecule has 0 bridgehead atoms. The maximum absolute atomic E-state index is 11.5. The Bertz CT molecular complexity index is 345. The molecule has 1 unspecified atom stereocenters. The highest BCUT2D eigenvalue weighted by Crippen LogP contribution is 2.27. The molecule has 1 N–H and O–H groups in total. The van der Waals surface area contributed by atoms with Gasteiger partial charge in [0.1, 0.15) is 0 Å². The standard InChI is InChI=1S/C9H11NO2S/c1-2-6-9-7(12)3-5(11)4-8(9)13-10-6/h5,11H,2-4H2,1H3. The SMILES string of the molecule is CCc1nsc2c1C(=O)CC(O)C2. The molecule has 0 fully saturated rings. The molecule has 0 radical (unpaired) electrons. The van der Waals surface area contributed by atoms with Gasteiger partial charge < -0.3 is 5.11 Å². The van der Waals surface area contributed by atoms with Gasteiger partial charge in [0.2, 0.25) is 0 Å². The summed E-state index contributed by atoms with van der Waals surface area (Å²) in [5.74, 6) is 0.0550. The van der Waals surface area contributed by atoms with Gasteiger partial charge in [-0.25, -0.2) is 0 Å². The zero-order chi connectivity index (χ0) is 9.42. The van der Waals surface area contributed by atoms with Crippen LogP contribution in [0.4, 0.5) is 0 Å². The molecule has 13 heavy (non-hydrogen) atoms. The van der Waals surface area contributed by atoms with E-state index in [9.17, 15) is 9.90 Å². The van der Waals surface area contributed by atoms with Gasteiger partial charge in [0.25, 0.3) is 0 Å². The molecule has 0 spiro atoms. The molecule has 2 rings (SSSR count). The molecule has 4 heteroatoms. The van der Waals surface area contributed by atoms with E-state index in [1.807, 2.05) is 6.92 Å². The number of carbonyl (C=O) groups is 1. The number of aryl methyl sites for hydroxylation is 1. The summed E-state index contributed by atoms with van der Waals surface area (Å²) in [4.78, 5) is 12.5. The fourth-order valence-electron chi connectivity index (χ4n) is 1.66. The van der Waals surface area contributed by atoms with E-state index in [1.54, 1.807) is 0 Å². The van der Waals surface area contributed by atoms with Crippen LogP contribution in [0.5, 0.6) is 0 Å². The molecule has 0 amide bonds. The maximum atomic E-state index is 11.5. The van der Waals surface area contributed by atoms with Crippen molar-refractivity contribution < 1.29 is 9.90 Å². The van der Waals surface area contributed by atoms with Crippen molar-refractivity contribution in [1.82, 2.24) is 4.37 Å². The van der Waals surface area contributed by atoms with Crippen LogP contribution in [0.3, 0.4) is 0 Å². The number of ketones is 1. The minimum absolute atomic E-state index is 0.0550. The van der Waals surface area contributed by atoms with E-state index in [1.165, 1.54) is 11.5 Å². The van der Waals surface area contributed by atoms with E-state index in [0.29, 0.717) is 6.42 Å². The molecule has 1 heterocycles. The van der Waals surface area contributed by atoms with Crippen molar-refractivity contribution in [3.8, 4) is 0 Å². The lowest BCUT2D eigenvalue weighted by Crippen LogP contribution is -2.23. The number of aliphatic hydroxyl groups is 1. The Morgan fingerprint density at radius 2 is 2.38 bits per heavy atom. The second-order valence-electron chi connectivity index (χ2n) is 3.27. The van der Waals surface area contributed by atoms with Crippen molar-refractivity contribution in [3.05, 3.63) is 16.1 Å². The molecule has 0 saturated heterocycles. The van der Waals surface area contributed by atoms with Crippen LogP contribution in [0, 0.1) is 0 Å². The first-order valence-corrected chi connectivity index (χ1v) is 5.18. The van der Waals surface area contributed by atoms with Gasteiger partial charge in [0.05, 0.1) is 17.4 Å². The van der Waals surface area contributed by atoms with Crippen molar-refractivity contribution in [2.45, 2.75) is 32.3 Å². The molecule has 1 aromatic heterocycles. The predicted molar refractivity (Wildman–Crippen MR) is 50.2 cm³/mol. The van der Waals surface area contributed by atoms with Crippen LogP contribution in [0.25, 0.3) is 0 Å². The van der Waals surface area contributed by atoms with Crippen LogP contribution in [-0.4, -0.2) is 21.4 Å². The Morgan fingerprint density at radius 1 is 1.62 bits per heavy atom. The number of carbonyl (C=O) groups excluding carboxylic acids is 1. The lowest BCUT2D eigenvalue weighted by molar-refractivity contribution is 0.0855. The molecule has 1 aromatic rings. The van der Waals surface area contributed by atoms with Gasteiger partial charge in [-0.1, -0.05) is 6.92 Å². The Labute approximate surface area is 80.6 Å². The monoisotopic (exact) mass is 197 g/mol. The number of hydrogen-bond acceptors (Lipinski definition) is 4. The van der Waals surface area contributed by atoms with Crippen molar-refractivity contribution in [2.24, 2.45) is 0 Å². The average Bonchev–Trinajstić information content (AvgIpc) is 2.47. The van der Waals surface area contributed by atoms with Crippen LogP contribution in [0.15, 0.2) is 0 Å². The predicted octanol–water partition coefficient (Wildman–Crippen LogP) is 1.20. The number of nitrogens with zero attached hydrogens (tertiary/aromatic N) is 1. The summed E-state index contributed by atoms with van der Waals surface area (Å²) in [5.41, 5.74) is 1.69. The van der Waals surface area contributed by atoms with Crippen LogP contribution < -0.4 is 0 Å². The highest BCUT2D eigenvalue weighted by molar-refractivity contribution is 7.06. The van der Waals surface area contributed by atoms with E-state index in [2.05, 4.69) is 4.37 Å². The molecule has 1 atom stereocenters. The van der Waals surface area contributed by atoms with Crippen molar-refractivity contribution >= 4 is 17.3 Å². The molecular formula is C9H11NO2S. The largest absolute Gasteiger partial charge is 0.392 e. The molecule has 3 nitrogen and oxygen atoms in total. The van der Waals surface area contributed by atoms with Gasteiger partial charge >= 0.3 is 0 Å². The van der Waals surface area contributed by atoms with E-state index in [4.69, 9.17) is 0 Å². The third-order valence-corrected chi connectivity index (χ3v) is 3.19. The Hall–Kier alpha value is -0.740. The zero-order valence-electron chi connectivity index (χ0n) is 7.41. The topological polar surface area (TPSA) is 50.2 Å². The maximum Gasteiger partial charge on any atom is 0.168 e. The van der Waals surface area contributed by atoms with Crippen molar-refractivity contribution in [1.29, 1.82) is 0 Å². The third-order valence-electron chi connectivity index (χ3n) is 2.29. The van der Waals surface area contributed by atoms with E-state index in [-0.39, 0.29) is 12.2 Å². The number of hydrogen-bond donors (Lipinski definition) is 1. The quantitative estimate of drug-likeness (QED) is 0.735. The first kappa shape index (κ1) is 8.84. The van der Waals surface area contributed by atoms with Gasteiger partial charge in [0.15, 0.2) is 5.78 Å². The van der Waals surface area contributed by atoms with Gasteiger partial charge in [-0.3, -0.25) is 4.79 Å². The second-order valence-corrected chi connectivity index (χ2v) is 4.12. The Morgan fingerprint density at radius 3 is 3.08 bits per heavy atom. The summed E-state index contributed by atoms with van der Waals surface area (Å²) in [7, 11) is 0. The van der Waals surface area contributed by atoms with E-state index >= 15 is 0 Å². The molecule has 70 valence electrons. The minimum Gasteiger partial charge on any atom is -0.392 e. The molecule has 1 aliphatic rings. The van der Waals surface area contributed by atoms with Gasteiger partial charge in [-0.15, -0.1) is 0 Å². The Balaban J connectivity index is 2.46. The summed E-state index contributed by atoms with van der Waals surface area (Å²) >= 11 is 1.35. The fourth-order valence-corrected chi connectivity index (χ4v) is 2.69.